The van der Waals surface area contributed by atoms with E-state index in [0.29, 0.717) is 30.3 Å². The molecule has 0 radical (unpaired) electrons. The van der Waals surface area contributed by atoms with Crippen molar-refractivity contribution in [2.24, 2.45) is 0 Å². The van der Waals surface area contributed by atoms with E-state index in [1.54, 1.807) is 16.8 Å². The minimum atomic E-state index is -0.0900. The van der Waals surface area contributed by atoms with E-state index in [9.17, 15) is 4.79 Å². The number of amides is 1. The van der Waals surface area contributed by atoms with Crippen LogP contribution in [0.4, 0.5) is 5.82 Å². The van der Waals surface area contributed by atoms with Crippen molar-refractivity contribution in [3.05, 3.63) is 66.2 Å². The SMILES string of the molecule is Cc1ccn(-c2cc(NCCNC(=O)c3ccccc3)ncn2)n1. The second-order valence-corrected chi connectivity index (χ2v) is 5.21. The average molecular weight is 322 g/mol. The Bertz CT molecular complexity index is 815. The van der Waals surface area contributed by atoms with Gasteiger partial charge in [0.05, 0.1) is 5.69 Å². The molecule has 2 aromatic heterocycles. The van der Waals surface area contributed by atoms with E-state index in [0.717, 1.165) is 5.69 Å². The monoisotopic (exact) mass is 322 g/mol. The number of aromatic nitrogens is 4. The normalized spacial score (nSPS) is 10.4. The number of benzene rings is 1. The van der Waals surface area contributed by atoms with Crippen LogP contribution in [0.15, 0.2) is 55.0 Å². The fourth-order valence-corrected chi connectivity index (χ4v) is 2.17. The standard InChI is InChI=1S/C17H18N6O/c1-13-7-10-23(22-13)16-11-15(20-12-21-16)18-8-9-19-17(24)14-5-3-2-4-6-14/h2-7,10-12H,8-9H2,1H3,(H,19,24)(H,18,20,21). The summed E-state index contributed by atoms with van der Waals surface area (Å²) >= 11 is 0. The lowest BCUT2D eigenvalue weighted by atomic mass is 10.2. The van der Waals surface area contributed by atoms with Crippen LogP contribution in [-0.2, 0) is 0 Å². The minimum Gasteiger partial charge on any atom is -0.368 e. The molecular weight excluding hydrogens is 304 g/mol. The van der Waals surface area contributed by atoms with Gasteiger partial charge in [0.25, 0.3) is 5.91 Å². The summed E-state index contributed by atoms with van der Waals surface area (Å²) in [6.45, 7) is 2.98. The third-order valence-corrected chi connectivity index (χ3v) is 3.36. The second-order valence-electron chi connectivity index (χ2n) is 5.21. The van der Waals surface area contributed by atoms with E-state index in [2.05, 4.69) is 25.7 Å². The fourth-order valence-electron chi connectivity index (χ4n) is 2.17. The quantitative estimate of drug-likeness (QED) is 0.676. The van der Waals surface area contributed by atoms with E-state index < -0.39 is 0 Å². The van der Waals surface area contributed by atoms with Crippen LogP contribution in [0.5, 0.6) is 0 Å². The van der Waals surface area contributed by atoms with Gasteiger partial charge in [-0.1, -0.05) is 18.2 Å². The van der Waals surface area contributed by atoms with Crippen molar-refractivity contribution in [3.8, 4) is 5.82 Å². The molecule has 0 spiro atoms. The zero-order valence-corrected chi connectivity index (χ0v) is 13.3. The van der Waals surface area contributed by atoms with Crippen LogP contribution in [0.3, 0.4) is 0 Å². The molecule has 1 aromatic carbocycles. The molecule has 1 amide bonds. The second kappa shape index (κ2) is 7.36. The molecule has 0 fully saturated rings. The average Bonchev–Trinajstić information content (AvgIpc) is 3.06. The number of hydrogen-bond acceptors (Lipinski definition) is 5. The van der Waals surface area contributed by atoms with Crippen molar-refractivity contribution in [2.45, 2.75) is 6.92 Å². The molecule has 7 nitrogen and oxygen atoms in total. The summed E-state index contributed by atoms with van der Waals surface area (Å²) in [7, 11) is 0. The van der Waals surface area contributed by atoms with E-state index in [-0.39, 0.29) is 5.91 Å². The molecular formula is C17H18N6O. The molecule has 2 heterocycles. The molecule has 0 saturated heterocycles. The summed E-state index contributed by atoms with van der Waals surface area (Å²) in [6, 6.07) is 12.8. The number of anilines is 1. The largest absolute Gasteiger partial charge is 0.368 e. The molecule has 3 rings (SSSR count). The first-order valence-corrected chi connectivity index (χ1v) is 7.64. The van der Waals surface area contributed by atoms with Gasteiger partial charge in [0.15, 0.2) is 5.82 Å². The smallest absolute Gasteiger partial charge is 0.251 e. The van der Waals surface area contributed by atoms with Gasteiger partial charge in [-0.3, -0.25) is 4.79 Å². The molecule has 0 unspecified atom stereocenters. The first kappa shape index (κ1) is 15.7. The zero-order chi connectivity index (χ0) is 16.8. The molecule has 7 heteroatoms. The van der Waals surface area contributed by atoms with Crippen LogP contribution < -0.4 is 10.6 Å². The van der Waals surface area contributed by atoms with Crippen molar-refractivity contribution in [1.82, 2.24) is 25.1 Å². The summed E-state index contributed by atoms with van der Waals surface area (Å²) in [5, 5.41) is 10.3. The molecule has 0 aliphatic heterocycles. The number of nitrogens with zero attached hydrogens (tertiary/aromatic N) is 4. The Kier molecular flexibility index (Phi) is 4.81. The maximum absolute atomic E-state index is 11.9. The lowest BCUT2D eigenvalue weighted by molar-refractivity contribution is 0.0955. The summed E-state index contributed by atoms with van der Waals surface area (Å²) in [5.74, 6) is 1.28. The van der Waals surface area contributed by atoms with Gasteiger partial charge in [0.1, 0.15) is 12.1 Å². The van der Waals surface area contributed by atoms with Crippen molar-refractivity contribution >= 4 is 11.7 Å². The Morgan fingerprint density at radius 3 is 2.71 bits per heavy atom. The lowest BCUT2D eigenvalue weighted by Crippen LogP contribution is -2.28. The predicted octanol–water partition coefficient (Wildman–Crippen LogP) is 1.81. The number of hydrogen-bond donors (Lipinski definition) is 2. The van der Waals surface area contributed by atoms with Gasteiger partial charge < -0.3 is 10.6 Å². The van der Waals surface area contributed by atoms with Crippen LogP contribution in [0.2, 0.25) is 0 Å². The molecule has 0 saturated carbocycles. The van der Waals surface area contributed by atoms with Crippen LogP contribution in [0.25, 0.3) is 5.82 Å². The number of rotatable bonds is 6. The van der Waals surface area contributed by atoms with Gasteiger partial charge in [0.2, 0.25) is 0 Å². The fraction of sp³-hybridized carbons (Fsp3) is 0.176. The first-order chi connectivity index (χ1) is 11.7. The van der Waals surface area contributed by atoms with Gasteiger partial charge in [-0.2, -0.15) is 5.10 Å². The Morgan fingerprint density at radius 2 is 1.96 bits per heavy atom. The highest BCUT2D eigenvalue weighted by Crippen LogP contribution is 2.08. The summed E-state index contributed by atoms with van der Waals surface area (Å²) in [6.07, 6.45) is 3.33. The molecule has 0 bridgehead atoms. The van der Waals surface area contributed by atoms with Crippen LogP contribution in [-0.4, -0.2) is 38.7 Å². The van der Waals surface area contributed by atoms with Gasteiger partial charge in [-0.15, -0.1) is 0 Å². The highest BCUT2D eigenvalue weighted by molar-refractivity contribution is 5.94. The summed E-state index contributed by atoms with van der Waals surface area (Å²) in [4.78, 5) is 20.3. The van der Waals surface area contributed by atoms with Crippen molar-refractivity contribution in [3.63, 3.8) is 0 Å². The maximum atomic E-state index is 11.9. The molecule has 0 atom stereocenters. The minimum absolute atomic E-state index is 0.0900. The Balaban J connectivity index is 1.51. The maximum Gasteiger partial charge on any atom is 0.251 e. The molecule has 0 aliphatic carbocycles. The van der Waals surface area contributed by atoms with Crippen LogP contribution in [0, 0.1) is 6.92 Å². The summed E-state index contributed by atoms with van der Waals surface area (Å²) in [5.41, 5.74) is 1.57. The van der Waals surface area contributed by atoms with Crippen LogP contribution in [0.1, 0.15) is 16.1 Å². The van der Waals surface area contributed by atoms with Crippen molar-refractivity contribution in [1.29, 1.82) is 0 Å². The molecule has 122 valence electrons. The molecule has 24 heavy (non-hydrogen) atoms. The highest BCUT2D eigenvalue weighted by atomic mass is 16.1. The van der Waals surface area contributed by atoms with E-state index in [1.165, 1.54) is 6.33 Å². The topological polar surface area (TPSA) is 84.7 Å². The number of nitrogens with one attached hydrogen (secondary N) is 2. The van der Waals surface area contributed by atoms with Gasteiger partial charge in [0, 0.05) is 30.9 Å². The van der Waals surface area contributed by atoms with E-state index in [4.69, 9.17) is 0 Å². The summed E-state index contributed by atoms with van der Waals surface area (Å²) < 4.78 is 1.69. The molecule has 3 aromatic rings. The Hall–Kier alpha value is -3.22. The molecule has 0 aliphatic rings. The number of carbonyl (C=O) groups is 1. The van der Waals surface area contributed by atoms with Gasteiger partial charge in [-0.05, 0) is 25.1 Å². The zero-order valence-electron chi connectivity index (χ0n) is 13.3. The molecule has 2 N–H and O–H groups in total. The highest BCUT2D eigenvalue weighted by Gasteiger charge is 2.04. The third-order valence-electron chi connectivity index (χ3n) is 3.36. The lowest BCUT2D eigenvalue weighted by Gasteiger charge is -2.08. The number of carbonyl (C=O) groups excluding carboxylic acids is 1. The predicted molar refractivity (Wildman–Crippen MR) is 91.2 cm³/mol. The van der Waals surface area contributed by atoms with Crippen LogP contribution >= 0.6 is 0 Å². The van der Waals surface area contributed by atoms with E-state index in [1.807, 2.05) is 43.5 Å². The van der Waals surface area contributed by atoms with Gasteiger partial charge >= 0.3 is 0 Å². The first-order valence-electron chi connectivity index (χ1n) is 7.64. The Morgan fingerprint density at radius 1 is 1.12 bits per heavy atom. The third kappa shape index (κ3) is 3.95. The number of aryl methyl sites for hydroxylation is 1. The Labute approximate surface area is 139 Å². The van der Waals surface area contributed by atoms with Gasteiger partial charge in [-0.25, -0.2) is 14.6 Å². The van der Waals surface area contributed by atoms with Crippen molar-refractivity contribution < 1.29 is 4.79 Å². The van der Waals surface area contributed by atoms with Crippen molar-refractivity contribution in [2.75, 3.05) is 18.4 Å². The van der Waals surface area contributed by atoms with E-state index >= 15 is 0 Å².